The van der Waals surface area contributed by atoms with Crippen molar-refractivity contribution in [3.8, 4) is 11.5 Å². The van der Waals surface area contributed by atoms with Crippen LogP contribution in [0.1, 0.15) is 31.2 Å². The standard InChI is InChI=1S/C24H28BrF2N3O3.C2HF3O2/c1-30-9-8-24(14-4-5-19(32-2)20(10-14)33-3)7-6-16(13-21(24)30)28-23(31)29-22-17(26)11-15(25)12-18(22)27;3-2(4,5)1(6)7/h4-5,10-12,16,21H,6-9,13H2,1-3H3,(H2,28,29,31);(H,6,7)/t16-,21+,24+;/m1./s1. The van der Waals surface area contributed by atoms with Crippen LogP contribution in [0.5, 0.6) is 11.5 Å². The fraction of sp³-hybridized carbons (Fsp3) is 0.462. The molecule has 2 amide bonds. The number of carbonyl (C=O) groups excluding carboxylic acids is 1. The average Bonchev–Trinajstić information content (AvgIpc) is 3.22. The summed E-state index contributed by atoms with van der Waals surface area (Å²) in [5.41, 5.74) is 0.702. The van der Waals surface area contributed by atoms with Crippen LogP contribution in [-0.2, 0) is 10.2 Å². The van der Waals surface area contributed by atoms with E-state index in [2.05, 4.69) is 50.6 Å². The Morgan fingerprint density at radius 3 is 2.23 bits per heavy atom. The van der Waals surface area contributed by atoms with Crippen molar-refractivity contribution in [3.63, 3.8) is 0 Å². The summed E-state index contributed by atoms with van der Waals surface area (Å²) in [4.78, 5) is 23.8. The quantitative estimate of drug-likeness (QED) is 0.364. The smallest absolute Gasteiger partial charge is 0.490 e. The van der Waals surface area contributed by atoms with Crippen LogP contribution in [0.15, 0.2) is 34.8 Å². The van der Waals surface area contributed by atoms with Gasteiger partial charge in [-0.15, -0.1) is 0 Å². The zero-order chi connectivity index (χ0) is 29.8. The first-order chi connectivity index (χ1) is 18.7. The van der Waals surface area contributed by atoms with Crippen LogP contribution in [0.3, 0.4) is 0 Å². The molecule has 0 spiro atoms. The minimum Gasteiger partial charge on any atom is -0.493 e. The Kier molecular flexibility index (Phi) is 9.88. The molecule has 3 N–H and O–H groups in total. The van der Waals surface area contributed by atoms with Gasteiger partial charge in [0, 0.05) is 22.0 Å². The summed E-state index contributed by atoms with van der Waals surface area (Å²) in [6.07, 6.45) is -1.69. The minimum atomic E-state index is -5.08. The molecule has 3 atom stereocenters. The monoisotopic (exact) mass is 637 g/mol. The number of nitrogens with one attached hydrogen (secondary N) is 2. The van der Waals surface area contributed by atoms with Crippen molar-refractivity contribution in [3.05, 3.63) is 52.0 Å². The van der Waals surface area contributed by atoms with E-state index in [0.29, 0.717) is 11.5 Å². The van der Waals surface area contributed by atoms with E-state index in [9.17, 15) is 26.7 Å². The number of fused-ring (bicyclic) bond motifs is 1. The third-order valence-corrected chi connectivity index (χ3v) is 7.77. The highest BCUT2D eigenvalue weighted by molar-refractivity contribution is 9.10. The van der Waals surface area contributed by atoms with E-state index in [-0.39, 0.29) is 22.0 Å². The van der Waals surface area contributed by atoms with Gasteiger partial charge in [0.05, 0.1) is 14.2 Å². The maximum absolute atomic E-state index is 14.1. The van der Waals surface area contributed by atoms with Crippen LogP contribution in [0.2, 0.25) is 0 Å². The largest absolute Gasteiger partial charge is 0.493 e. The van der Waals surface area contributed by atoms with Gasteiger partial charge in [0.2, 0.25) is 0 Å². The lowest BCUT2D eigenvalue weighted by atomic mass is 9.65. The Balaban J connectivity index is 0.000000559. The number of carboxylic acids is 1. The van der Waals surface area contributed by atoms with E-state index >= 15 is 0 Å². The molecular formula is C26H29BrF5N3O5. The summed E-state index contributed by atoms with van der Waals surface area (Å²) in [7, 11) is 5.35. The highest BCUT2D eigenvalue weighted by Crippen LogP contribution is 2.49. The Hall–Kier alpha value is -3.13. The molecular weight excluding hydrogens is 609 g/mol. The Labute approximate surface area is 235 Å². The van der Waals surface area contributed by atoms with Gasteiger partial charge in [-0.2, -0.15) is 13.2 Å². The Morgan fingerprint density at radius 1 is 1.07 bits per heavy atom. The number of hydrogen-bond acceptors (Lipinski definition) is 5. The summed E-state index contributed by atoms with van der Waals surface area (Å²) < 4.78 is 71.1. The molecule has 1 aliphatic carbocycles. The first-order valence-electron chi connectivity index (χ1n) is 12.2. The number of likely N-dealkylation sites (N-methyl/N-ethyl adjacent to an activating group) is 1. The van der Waals surface area contributed by atoms with Gasteiger partial charge in [-0.05, 0) is 69.1 Å². The van der Waals surface area contributed by atoms with Gasteiger partial charge in [-0.25, -0.2) is 18.4 Å². The molecule has 220 valence electrons. The van der Waals surface area contributed by atoms with Crippen LogP contribution in [0.4, 0.5) is 32.4 Å². The molecule has 2 aromatic rings. The molecule has 0 radical (unpaired) electrons. The second-order valence-electron chi connectivity index (χ2n) is 9.59. The summed E-state index contributed by atoms with van der Waals surface area (Å²) in [5.74, 6) is -3.02. The van der Waals surface area contributed by atoms with E-state index in [1.165, 1.54) is 5.56 Å². The van der Waals surface area contributed by atoms with Crippen molar-refractivity contribution in [2.24, 2.45) is 0 Å². The Bertz CT molecular complexity index is 1220. The number of halogens is 6. The average molecular weight is 638 g/mol. The number of carbonyl (C=O) groups is 2. The van der Waals surface area contributed by atoms with Crippen molar-refractivity contribution in [2.45, 2.75) is 49.4 Å². The third kappa shape index (κ3) is 6.95. The topological polar surface area (TPSA) is 100 Å². The molecule has 2 aliphatic rings. The molecule has 2 fully saturated rings. The highest BCUT2D eigenvalue weighted by Gasteiger charge is 2.50. The molecule has 1 aliphatic heterocycles. The molecule has 14 heteroatoms. The third-order valence-electron chi connectivity index (χ3n) is 7.31. The number of aliphatic carboxylic acids is 1. The highest BCUT2D eigenvalue weighted by atomic mass is 79.9. The predicted octanol–water partition coefficient (Wildman–Crippen LogP) is 5.69. The van der Waals surface area contributed by atoms with Gasteiger partial charge < -0.3 is 30.1 Å². The number of urea groups is 1. The Morgan fingerprint density at radius 2 is 1.68 bits per heavy atom. The summed E-state index contributed by atoms with van der Waals surface area (Å²) in [6, 6.07) is 7.84. The maximum Gasteiger partial charge on any atom is 0.490 e. The van der Waals surface area contributed by atoms with Gasteiger partial charge in [0.1, 0.15) is 5.69 Å². The number of ether oxygens (including phenoxy) is 2. The van der Waals surface area contributed by atoms with Crippen molar-refractivity contribution in [2.75, 3.05) is 33.1 Å². The molecule has 0 aromatic heterocycles. The molecule has 0 unspecified atom stereocenters. The van der Waals surface area contributed by atoms with Crippen LogP contribution in [-0.4, -0.2) is 68.1 Å². The lowest BCUT2D eigenvalue weighted by molar-refractivity contribution is -0.192. The van der Waals surface area contributed by atoms with Crippen molar-refractivity contribution in [1.82, 2.24) is 10.2 Å². The number of alkyl halides is 3. The first kappa shape index (κ1) is 31.4. The summed E-state index contributed by atoms with van der Waals surface area (Å²) in [6.45, 7) is 0.952. The maximum atomic E-state index is 14.1. The molecule has 4 rings (SSSR count). The molecule has 40 heavy (non-hydrogen) atoms. The zero-order valence-corrected chi connectivity index (χ0v) is 23.5. The fourth-order valence-electron chi connectivity index (χ4n) is 5.39. The van der Waals surface area contributed by atoms with E-state index in [1.54, 1.807) is 14.2 Å². The van der Waals surface area contributed by atoms with Crippen LogP contribution in [0, 0.1) is 11.6 Å². The molecule has 8 nitrogen and oxygen atoms in total. The van der Waals surface area contributed by atoms with Crippen molar-refractivity contribution in [1.29, 1.82) is 0 Å². The second-order valence-corrected chi connectivity index (χ2v) is 10.5. The molecule has 2 aromatic carbocycles. The molecule has 1 saturated carbocycles. The molecule has 1 saturated heterocycles. The minimum absolute atomic E-state index is 0.0487. The van der Waals surface area contributed by atoms with E-state index in [4.69, 9.17) is 19.4 Å². The lowest BCUT2D eigenvalue weighted by Crippen LogP contribution is -2.52. The zero-order valence-electron chi connectivity index (χ0n) is 21.9. The van der Waals surface area contributed by atoms with Gasteiger partial charge >= 0.3 is 18.2 Å². The van der Waals surface area contributed by atoms with Gasteiger partial charge in [-0.1, -0.05) is 22.0 Å². The molecule has 1 heterocycles. The normalized spacial score (nSPS) is 22.4. The van der Waals surface area contributed by atoms with Gasteiger partial charge in [0.25, 0.3) is 0 Å². The number of carboxylic acid groups (broad SMARTS) is 1. The van der Waals surface area contributed by atoms with E-state index in [0.717, 1.165) is 44.4 Å². The number of hydrogen-bond donors (Lipinski definition) is 3. The van der Waals surface area contributed by atoms with E-state index in [1.807, 2.05) is 6.07 Å². The second kappa shape index (κ2) is 12.6. The summed E-state index contributed by atoms with van der Waals surface area (Å²) >= 11 is 3.04. The number of methoxy groups -OCH3 is 2. The summed E-state index contributed by atoms with van der Waals surface area (Å²) in [5, 5.41) is 12.4. The first-order valence-corrected chi connectivity index (χ1v) is 13.0. The van der Waals surface area contributed by atoms with Crippen molar-refractivity contribution < 1.29 is 46.1 Å². The van der Waals surface area contributed by atoms with Crippen LogP contribution in [0.25, 0.3) is 0 Å². The van der Waals surface area contributed by atoms with Crippen molar-refractivity contribution >= 4 is 33.6 Å². The number of nitrogens with zero attached hydrogens (tertiary/aromatic N) is 1. The number of benzene rings is 2. The number of rotatable bonds is 5. The number of likely N-dealkylation sites (tertiary alicyclic amines) is 1. The fourth-order valence-corrected chi connectivity index (χ4v) is 5.79. The number of anilines is 1. The van der Waals surface area contributed by atoms with E-state index < -0.39 is 35.5 Å². The van der Waals surface area contributed by atoms with Crippen LogP contribution >= 0.6 is 15.9 Å². The van der Waals surface area contributed by atoms with Gasteiger partial charge in [0.15, 0.2) is 23.1 Å². The lowest BCUT2D eigenvalue weighted by Gasteiger charge is -2.45. The van der Waals surface area contributed by atoms with Crippen LogP contribution < -0.4 is 20.1 Å². The SMILES string of the molecule is COc1ccc([C@@]23CC[C@@H](NC(=O)Nc4c(F)cc(Br)cc4F)C[C@@H]2N(C)CC3)cc1OC.O=C(O)C(F)(F)F. The predicted molar refractivity (Wildman–Crippen MR) is 140 cm³/mol. The number of amides is 2. The molecule has 0 bridgehead atoms. The van der Waals surface area contributed by atoms with Gasteiger partial charge in [-0.3, -0.25) is 0 Å².